The maximum atomic E-state index is 5.11. The van der Waals surface area contributed by atoms with Crippen LogP contribution < -0.4 is 0 Å². The maximum Gasteiger partial charge on any atom is 0.160 e. The number of rotatable bonds is 5. The Balaban J connectivity index is 1.08. The molecule has 0 saturated carbocycles. The molecule has 0 atom stereocenters. The average molecular weight is 745 g/mol. The molecular formula is C52H32N4S. The van der Waals surface area contributed by atoms with E-state index >= 15 is 0 Å². The van der Waals surface area contributed by atoms with Gasteiger partial charge in [-0.25, -0.2) is 9.97 Å². The summed E-state index contributed by atoms with van der Waals surface area (Å²) in [6.07, 6.45) is 0. The second kappa shape index (κ2) is 12.6. The van der Waals surface area contributed by atoms with Crippen LogP contribution in [-0.2, 0) is 0 Å². The fraction of sp³-hybridized carbons (Fsp3) is 0. The van der Waals surface area contributed by atoms with Crippen LogP contribution in [0.15, 0.2) is 194 Å². The van der Waals surface area contributed by atoms with Gasteiger partial charge in [0, 0.05) is 69.8 Å². The number of aromatic nitrogens is 4. The lowest BCUT2D eigenvalue weighted by Crippen LogP contribution is -1.97. The van der Waals surface area contributed by atoms with Crippen molar-refractivity contribution in [3.8, 4) is 45.3 Å². The van der Waals surface area contributed by atoms with Crippen molar-refractivity contribution in [2.75, 3.05) is 0 Å². The normalized spacial score (nSPS) is 11.9. The van der Waals surface area contributed by atoms with E-state index in [1.807, 2.05) is 23.5 Å². The molecule has 266 valence electrons. The molecule has 57 heavy (non-hydrogen) atoms. The zero-order valence-corrected chi connectivity index (χ0v) is 31.5. The lowest BCUT2D eigenvalue weighted by Gasteiger charge is -2.12. The number of fused-ring (bicyclic) bond motifs is 11. The summed E-state index contributed by atoms with van der Waals surface area (Å²) >= 11 is 1.90. The number of benzene rings is 8. The van der Waals surface area contributed by atoms with Gasteiger partial charge < -0.3 is 9.13 Å². The minimum Gasteiger partial charge on any atom is -0.309 e. The van der Waals surface area contributed by atoms with Gasteiger partial charge in [-0.05, 0) is 66.7 Å². The van der Waals surface area contributed by atoms with Crippen LogP contribution in [0.25, 0.3) is 109 Å². The van der Waals surface area contributed by atoms with Crippen molar-refractivity contribution in [2.24, 2.45) is 0 Å². The first kappa shape index (κ1) is 32.0. The third kappa shape index (κ3) is 4.93. The molecule has 4 aromatic heterocycles. The van der Waals surface area contributed by atoms with Crippen molar-refractivity contribution in [2.45, 2.75) is 0 Å². The molecular weight excluding hydrogens is 713 g/mol. The first-order chi connectivity index (χ1) is 28.3. The van der Waals surface area contributed by atoms with Crippen LogP contribution in [-0.4, -0.2) is 19.1 Å². The second-order valence-corrected chi connectivity index (χ2v) is 15.6. The minimum atomic E-state index is 0.703. The van der Waals surface area contributed by atoms with E-state index in [0.717, 1.165) is 33.8 Å². The highest BCUT2D eigenvalue weighted by molar-refractivity contribution is 7.27. The molecule has 0 spiro atoms. The van der Waals surface area contributed by atoms with Crippen LogP contribution in [0.4, 0.5) is 0 Å². The van der Waals surface area contributed by atoms with Crippen molar-refractivity contribution in [3.05, 3.63) is 194 Å². The van der Waals surface area contributed by atoms with E-state index < -0.39 is 0 Å². The molecule has 0 aliphatic rings. The molecule has 8 aromatic carbocycles. The van der Waals surface area contributed by atoms with Crippen LogP contribution in [0.5, 0.6) is 0 Å². The Morgan fingerprint density at radius 2 is 0.930 bits per heavy atom. The Bertz CT molecular complexity index is 3430. The van der Waals surface area contributed by atoms with Gasteiger partial charge >= 0.3 is 0 Å². The number of para-hydroxylation sites is 3. The highest BCUT2D eigenvalue weighted by Gasteiger charge is 2.22. The highest BCUT2D eigenvalue weighted by Crippen LogP contribution is 2.47. The molecule has 4 heterocycles. The van der Waals surface area contributed by atoms with Gasteiger partial charge in [-0.15, -0.1) is 11.3 Å². The number of hydrogen-bond acceptors (Lipinski definition) is 3. The minimum absolute atomic E-state index is 0.703. The Morgan fingerprint density at radius 3 is 1.61 bits per heavy atom. The lowest BCUT2D eigenvalue weighted by atomic mass is 10.1. The molecule has 0 aliphatic heterocycles. The summed E-state index contributed by atoms with van der Waals surface area (Å²) in [6.45, 7) is 0. The van der Waals surface area contributed by atoms with Crippen molar-refractivity contribution >= 4 is 75.1 Å². The van der Waals surface area contributed by atoms with Crippen molar-refractivity contribution < 1.29 is 0 Å². The van der Waals surface area contributed by atoms with Crippen LogP contribution >= 0.6 is 11.3 Å². The summed E-state index contributed by atoms with van der Waals surface area (Å²) in [5.74, 6) is 0.703. The van der Waals surface area contributed by atoms with Crippen LogP contribution in [0.1, 0.15) is 0 Å². The van der Waals surface area contributed by atoms with E-state index in [9.17, 15) is 0 Å². The van der Waals surface area contributed by atoms with E-state index in [1.54, 1.807) is 0 Å². The van der Waals surface area contributed by atoms with Gasteiger partial charge in [0.25, 0.3) is 0 Å². The molecule has 12 rings (SSSR count). The molecule has 0 radical (unpaired) electrons. The molecule has 0 N–H and O–H groups in total. The van der Waals surface area contributed by atoms with Crippen LogP contribution in [0.3, 0.4) is 0 Å². The molecule has 0 fully saturated rings. The summed E-state index contributed by atoms with van der Waals surface area (Å²) in [7, 11) is 0. The van der Waals surface area contributed by atoms with Gasteiger partial charge in [0.2, 0.25) is 0 Å². The predicted molar refractivity (Wildman–Crippen MR) is 240 cm³/mol. The number of thiophene rings is 1. The second-order valence-electron chi connectivity index (χ2n) is 14.6. The summed E-state index contributed by atoms with van der Waals surface area (Å²) in [5, 5.41) is 7.64. The van der Waals surface area contributed by atoms with E-state index in [2.05, 4.69) is 191 Å². The monoisotopic (exact) mass is 744 g/mol. The SMILES string of the molecule is c1ccc(-c2cc(-c3ccccc3)nc(-c3ccc(-n4c5ccccc5c5ccc6sc7c(ccc8c7c7ccccc7n8-c7ccccc7)c6c54)cc3)n2)cc1. The zero-order chi connectivity index (χ0) is 37.5. The van der Waals surface area contributed by atoms with Gasteiger partial charge in [-0.2, -0.15) is 0 Å². The maximum absolute atomic E-state index is 5.11. The third-order valence-electron chi connectivity index (χ3n) is 11.3. The smallest absolute Gasteiger partial charge is 0.160 e. The summed E-state index contributed by atoms with van der Waals surface area (Å²) in [4.78, 5) is 10.2. The fourth-order valence-corrected chi connectivity index (χ4v) is 10.1. The predicted octanol–water partition coefficient (Wildman–Crippen LogP) is 14.0. The first-order valence-corrected chi connectivity index (χ1v) is 20.1. The molecule has 0 aliphatic carbocycles. The summed E-state index contributed by atoms with van der Waals surface area (Å²) in [6, 6.07) is 69.2. The molecule has 0 amide bonds. The number of hydrogen-bond donors (Lipinski definition) is 0. The average Bonchev–Trinajstić information content (AvgIpc) is 3.95. The standard InChI is InChI=1S/C52H32N4S/c1-4-14-33(15-5-1)42-32-43(34-16-6-2-7-17-34)54-52(53-42)35-24-26-37(27-25-35)56-44-22-12-10-20-38(44)39-29-31-47-49(50(39)56)41-28-30-46-48(51(41)57-47)40-21-11-13-23-45(40)55(46)36-18-8-3-9-19-36/h1-32H. The molecule has 5 heteroatoms. The van der Waals surface area contributed by atoms with E-state index in [1.165, 1.54) is 69.5 Å². The van der Waals surface area contributed by atoms with Gasteiger partial charge in [0.15, 0.2) is 5.82 Å². The fourth-order valence-electron chi connectivity index (χ4n) is 8.80. The van der Waals surface area contributed by atoms with Crippen molar-refractivity contribution in [3.63, 3.8) is 0 Å². The topological polar surface area (TPSA) is 35.6 Å². The molecule has 0 saturated heterocycles. The van der Waals surface area contributed by atoms with Gasteiger partial charge in [0.05, 0.1) is 33.5 Å². The molecule has 0 bridgehead atoms. The number of nitrogens with zero attached hydrogens (tertiary/aromatic N) is 4. The Kier molecular flexibility index (Phi) is 7.06. The quantitative estimate of drug-likeness (QED) is 0.176. The van der Waals surface area contributed by atoms with Crippen molar-refractivity contribution in [1.82, 2.24) is 19.1 Å². The first-order valence-electron chi connectivity index (χ1n) is 19.3. The third-order valence-corrected chi connectivity index (χ3v) is 12.5. The van der Waals surface area contributed by atoms with Crippen LogP contribution in [0.2, 0.25) is 0 Å². The van der Waals surface area contributed by atoms with E-state index in [0.29, 0.717) is 5.82 Å². The summed E-state index contributed by atoms with van der Waals surface area (Å²) < 4.78 is 7.46. The molecule has 4 nitrogen and oxygen atoms in total. The van der Waals surface area contributed by atoms with Gasteiger partial charge in [0.1, 0.15) is 0 Å². The van der Waals surface area contributed by atoms with E-state index in [4.69, 9.17) is 9.97 Å². The lowest BCUT2D eigenvalue weighted by molar-refractivity contribution is 1.17. The highest BCUT2D eigenvalue weighted by atomic mass is 32.1. The Labute approximate surface area is 332 Å². The Hall–Kier alpha value is -7.34. The molecule has 12 aromatic rings. The Morgan fingerprint density at radius 1 is 0.368 bits per heavy atom. The van der Waals surface area contributed by atoms with Crippen molar-refractivity contribution in [1.29, 1.82) is 0 Å². The largest absolute Gasteiger partial charge is 0.309 e. The molecule has 0 unspecified atom stereocenters. The zero-order valence-electron chi connectivity index (χ0n) is 30.7. The van der Waals surface area contributed by atoms with E-state index in [-0.39, 0.29) is 0 Å². The van der Waals surface area contributed by atoms with Gasteiger partial charge in [-0.1, -0.05) is 127 Å². The van der Waals surface area contributed by atoms with Gasteiger partial charge in [-0.3, -0.25) is 0 Å². The van der Waals surface area contributed by atoms with Crippen LogP contribution in [0, 0.1) is 0 Å². The summed E-state index contributed by atoms with van der Waals surface area (Å²) in [5.41, 5.74) is 12.0.